The SMILES string of the molecule is OCC(O)[C@H](O)[C@H](O)C(O)c1nc2ccc(F)cc2[nH]1. The van der Waals surface area contributed by atoms with Gasteiger partial charge in [0.25, 0.3) is 0 Å². The lowest BCUT2D eigenvalue weighted by molar-refractivity contribution is -0.117. The van der Waals surface area contributed by atoms with E-state index in [4.69, 9.17) is 5.11 Å². The van der Waals surface area contributed by atoms with Crippen LogP contribution in [-0.2, 0) is 0 Å². The third kappa shape index (κ3) is 2.79. The van der Waals surface area contributed by atoms with Crippen LogP contribution >= 0.6 is 0 Å². The van der Waals surface area contributed by atoms with Crippen molar-refractivity contribution in [3.63, 3.8) is 0 Å². The van der Waals surface area contributed by atoms with E-state index in [1.807, 2.05) is 0 Å². The minimum Gasteiger partial charge on any atom is -0.394 e. The number of hydrogen-bond donors (Lipinski definition) is 6. The fourth-order valence-electron chi connectivity index (χ4n) is 1.83. The number of aliphatic hydroxyl groups excluding tert-OH is 5. The lowest BCUT2D eigenvalue weighted by Crippen LogP contribution is -2.42. The maximum absolute atomic E-state index is 13.0. The quantitative estimate of drug-likeness (QED) is 0.410. The van der Waals surface area contributed by atoms with E-state index in [0.717, 1.165) is 0 Å². The molecule has 4 atom stereocenters. The Bertz CT molecular complexity index is 590. The van der Waals surface area contributed by atoms with E-state index in [-0.39, 0.29) is 5.82 Å². The highest BCUT2D eigenvalue weighted by atomic mass is 19.1. The summed E-state index contributed by atoms with van der Waals surface area (Å²) in [4.78, 5) is 6.57. The van der Waals surface area contributed by atoms with Crippen LogP contribution in [0, 0.1) is 5.82 Å². The fourth-order valence-corrected chi connectivity index (χ4v) is 1.83. The highest BCUT2D eigenvalue weighted by Gasteiger charge is 2.32. The lowest BCUT2D eigenvalue weighted by atomic mass is 10.0. The minimum atomic E-state index is -1.76. The zero-order valence-corrected chi connectivity index (χ0v) is 10.3. The van der Waals surface area contributed by atoms with Crippen molar-refractivity contribution in [2.45, 2.75) is 24.4 Å². The third-order valence-electron chi connectivity index (χ3n) is 3.00. The van der Waals surface area contributed by atoms with Crippen molar-refractivity contribution in [2.75, 3.05) is 6.61 Å². The summed E-state index contributed by atoms with van der Waals surface area (Å²) in [6.45, 7) is -0.768. The van der Waals surface area contributed by atoms with Crippen LogP contribution in [0.5, 0.6) is 0 Å². The summed E-state index contributed by atoms with van der Waals surface area (Å²) >= 11 is 0. The number of fused-ring (bicyclic) bond motifs is 1. The number of imidazole rings is 1. The molecule has 0 saturated carbocycles. The van der Waals surface area contributed by atoms with Crippen molar-refractivity contribution in [3.05, 3.63) is 29.8 Å². The Morgan fingerprint density at radius 2 is 1.85 bits per heavy atom. The van der Waals surface area contributed by atoms with Gasteiger partial charge in [0, 0.05) is 0 Å². The van der Waals surface area contributed by atoms with Gasteiger partial charge in [0.2, 0.25) is 0 Å². The first kappa shape index (κ1) is 14.8. The Labute approximate surface area is 113 Å². The van der Waals surface area contributed by atoms with Crippen molar-refractivity contribution >= 4 is 11.0 Å². The van der Waals surface area contributed by atoms with Crippen molar-refractivity contribution in [1.82, 2.24) is 9.97 Å². The van der Waals surface area contributed by atoms with Gasteiger partial charge in [0.1, 0.15) is 36.1 Å². The first-order valence-electron chi connectivity index (χ1n) is 5.92. The largest absolute Gasteiger partial charge is 0.394 e. The molecule has 2 aromatic rings. The highest BCUT2D eigenvalue weighted by Crippen LogP contribution is 2.21. The molecule has 1 aromatic heterocycles. The molecule has 0 saturated heterocycles. The maximum Gasteiger partial charge on any atom is 0.140 e. The maximum atomic E-state index is 13.0. The van der Waals surface area contributed by atoms with Crippen LogP contribution in [0.25, 0.3) is 11.0 Å². The summed E-state index contributed by atoms with van der Waals surface area (Å²) in [7, 11) is 0. The van der Waals surface area contributed by atoms with Crippen LogP contribution in [0.2, 0.25) is 0 Å². The monoisotopic (exact) mass is 286 g/mol. The molecule has 0 aliphatic rings. The highest BCUT2D eigenvalue weighted by molar-refractivity contribution is 5.75. The minimum absolute atomic E-state index is 0.0812. The van der Waals surface area contributed by atoms with Crippen LogP contribution in [0.15, 0.2) is 18.2 Å². The predicted octanol–water partition coefficient (Wildman–Crippen LogP) is -1.19. The van der Waals surface area contributed by atoms with Crippen LogP contribution in [-0.4, -0.2) is 60.4 Å². The number of aromatic nitrogens is 2. The van der Waals surface area contributed by atoms with Crippen LogP contribution in [0.4, 0.5) is 4.39 Å². The molecular formula is C12H15FN2O5. The number of benzene rings is 1. The molecule has 0 radical (unpaired) electrons. The second kappa shape index (κ2) is 5.81. The molecule has 0 amide bonds. The number of halogens is 1. The zero-order valence-electron chi connectivity index (χ0n) is 10.3. The van der Waals surface area contributed by atoms with Crippen molar-refractivity contribution in [2.24, 2.45) is 0 Å². The molecule has 110 valence electrons. The average Bonchev–Trinajstić information content (AvgIpc) is 2.86. The molecule has 0 fully saturated rings. The average molecular weight is 286 g/mol. The number of rotatable bonds is 5. The van der Waals surface area contributed by atoms with Crippen LogP contribution in [0.3, 0.4) is 0 Å². The van der Waals surface area contributed by atoms with Gasteiger partial charge < -0.3 is 30.5 Å². The number of nitrogens with one attached hydrogen (secondary N) is 1. The van der Waals surface area contributed by atoms with E-state index in [0.29, 0.717) is 11.0 Å². The molecule has 0 aliphatic heterocycles. The molecule has 0 aliphatic carbocycles. The van der Waals surface area contributed by atoms with Gasteiger partial charge in [-0.1, -0.05) is 0 Å². The van der Waals surface area contributed by atoms with Crippen molar-refractivity contribution in [1.29, 1.82) is 0 Å². The molecule has 1 aromatic carbocycles. The summed E-state index contributed by atoms with van der Waals surface area (Å²) in [5.41, 5.74) is 0.702. The van der Waals surface area contributed by atoms with Gasteiger partial charge in [-0.2, -0.15) is 0 Å². The summed E-state index contributed by atoms with van der Waals surface area (Å²) in [6, 6.07) is 3.76. The Morgan fingerprint density at radius 3 is 2.50 bits per heavy atom. The van der Waals surface area contributed by atoms with Crippen molar-refractivity contribution < 1.29 is 29.9 Å². The molecule has 0 spiro atoms. The molecule has 1 heterocycles. The van der Waals surface area contributed by atoms with Gasteiger partial charge in [-0.3, -0.25) is 0 Å². The van der Waals surface area contributed by atoms with E-state index in [1.54, 1.807) is 0 Å². The van der Waals surface area contributed by atoms with E-state index >= 15 is 0 Å². The number of aromatic amines is 1. The fraction of sp³-hybridized carbons (Fsp3) is 0.417. The molecule has 20 heavy (non-hydrogen) atoms. The Morgan fingerprint density at radius 1 is 1.15 bits per heavy atom. The number of H-pyrrole nitrogens is 1. The molecular weight excluding hydrogens is 271 g/mol. The molecule has 7 nitrogen and oxygen atoms in total. The molecule has 2 unspecified atom stereocenters. The Hall–Kier alpha value is -1.58. The summed E-state index contributed by atoms with van der Waals surface area (Å²) < 4.78 is 13.0. The van der Waals surface area contributed by atoms with Gasteiger partial charge in [-0.15, -0.1) is 0 Å². The first-order chi connectivity index (χ1) is 9.43. The number of aliphatic hydroxyl groups is 5. The molecule has 0 bridgehead atoms. The van der Waals surface area contributed by atoms with Crippen LogP contribution in [0.1, 0.15) is 11.9 Å². The van der Waals surface area contributed by atoms with E-state index in [2.05, 4.69) is 9.97 Å². The second-order valence-corrected chi connectivity index (χ2v) is 4.46. The van der Waals surface area contributed by atoms with E-state index in [1.165, 1.54) is 18.2 Å². The molecule has 8 heteroatoms. The smallest absolute Gasteiger partial charge is 0.140 e. The Kier molecular flexibility index (Phi) is 4.31. The predicted molar refractivity (Wildman–Crippen MR) is 66.1 cm³/mol. The summed E-state index contributed by atoms with van der Waals surface area (Å²) in [5, 5.41) is 47.0. The topological polar surface area (TPSA) is 130 Å². The lowest BCUT2D eigenvalue weighted by Gasteiger charge is -2.24. The van der Waals surface area contributed by atoms with Crippen LogP contribution < -0.4 is 0 Å². The van der Waals surface area contributed by atoms with Gasteiger partial charge in [0.15, 0.2) is 0 Å². The number of nitrogens with zero attached hydrogens (tertiary/aromatic N) is 1. The van der Waals surface area contributed by atoms with E-state index < -0.39 is 36.8 Å². The van der Waals surface area contributed by atoms with Gasteiger partial charge in [-0.05, 0) is 18.2 Å². The van der Waals surface area contributed by atoms with E-state index in [9.17, 15) is 24.8 Å². The summed E-state index contributed by atoms with van der Waals surface area (Å²) in [5.74, 6) is -0.569. The first-order valence-corrected chi connectivity index (χ1v) is 5.92. The Balaban J connectivity index is 2.24. The molecule has 6 N–H and O–H groups in total. The second-order valence-electron chi connectivity index (χ2n) is 4.46. The van der Waals surface area contributed by atoms with Gasteiger partial charge >= 0.3 is 0 Å². The number of hydrogen-bond acceptors (Lipinski definition) is 6. The van der Waals surface area contributed by atoms with Crippen molar-refractivity contribution in [3.8, 4) is 0 Å². The van der Waals surface area contributed by atoms with Gasteiger partial charge in [-0.25, -0.2) is 9.37 Å². The van der Waals surface area contributed by atoms with Gasteiger partial charge in [0.05, 0.1) is 17.6 Å². The third-order valence-corrected chi connectivity index (χ3v) is 3.00. The zero-order chi connectivity index (χ0) is 14.9. The summed E-state index contributed by atoms with van der Waals surface area (Å²) in [6.07, 6.45) is -6.73. The normalized spacial score (nSPS) is 17.9. The standard InChI is InChI=1S/C12H15FN2O5/c13-5-1-2-6-7(3-5)15-12(14-6)11(20)10(19)9(18)8(17)4-16/h1-3,8-11,16-20H,4H2,(H,14,15)/t8?,9-,10-,11?/m0/s1. The molecule has 2 rings (SSSR count).